The fourth-order valence-electron chi connectivity index (χ4n) is 2.22. The third-order valence-corrected chi connectivity index (χ3v) is 3.92. The van der Waals surface area contributed by atoms with E-state index in [4.69, 9.17) is 17.3 Å². The monoisotopic (exact) mass is 381 g/mol. The molecule has 4 nitrogen and oxygen atoms in total. The molecular weight excluding hydrogens is 365 g/mol. The Kier molecular flexibility index (Phi) is 7.26. The standard InChI is InChI=1S/C13H17BrClN3O.ClH/c14-9-3-4-12(11(15)6-9)17-13(19)8-18-5-1-2-10(16)7-18;/h3-4,6,10H,1-2,5,7-8,16H2,(H,17,19);1H. The minimum Gasteiger partial charge on any atom is -0.327 e. The lowest BCUT2D eigenvalue weighted by Gasteiger charge is -2.29. The summed E-state index contributed by atoms with van der Waals surface area (Å²) in [5.41, 5.74) is 6.53. The van der Waals surface area contributed by atoms with Gasteiger partial charge in [-0.2, -0.15) is 0 Å². The highest BCUT2D eigenvalue weighted by Gasteiger charge is 2.19. The molecule has 0 aromatic heterocycles. The molecule has 2 rings (SSSR count). The number of nitrogens with two attached hydrogens (primary N) is 1. The van der Waals surface area contributed by atoms with Crippen LogP contribution in [0, 0.1) is 0 Å². The lowest BCUT2D eigenvalue weighted by Crippen LogP contribution is -2.45. The van der Waals surface area contributed by atoms with Gasteiger partial charge in [-0.1, -0.05) is 27.5 Å². The van der Waals surface area contributed by atoms with Gasteiger partial charge in [-0.15, -0.1) is 12.4 Å². The number of amides is 1. The molecule has 1 aromatic carbocycles. The van der Waals surface area contributed by atoms with Gasteiger partial charge >= 0.3 is 0 Å². The van der Waals surface area contributed by atoms with Crippen molar-refractivity contribution in [3.05, 3.63) is 27.7 Å². The molecule has 1 aliphatic rings. The highest BCUT2D eigenvalue weighted by Crippen LogP contribution is 2.25. The van der Waals surface area contributed by atoms with Crippen molar-refractivity contribution >= 4 is 51.5 Å². The van der Waals surface area contributed by atoms with Gasteiger partial charge in [0.2, 0.25) is 5.91 Å². The van der Waals surface area contributed by atoms with E-state index in [1.807, 2.05) is 6.07 Å². The SMILES string of the molecule is Cl.NC1CCCN(CC(=O)Nc2ccc(Br)cc2Cl)C1. The van der Waals surface area contributed by atoms with Crippen molar-refractivity contribution in [2.75, 3.05) is 25.0 Å². The molecule has 20 heavy (non-hydrogen) atoms. The van der Waals surface area contributed by atoms with Crippen LogP contribution >= 0.6 is 39.9 Å². The minimum absolute atomic E-state index is 0. The van der Waals surface area contributed by atoms with Crippen LogP contribution in [0.25, 0.3) is 0 Å². The maximum atomic E-state index is 12.0. The van der Waals surface area contributed by atoms with Crippen molar-refractivity contribution in [1.82, 2.24) is 4.90 Å². The molecule has 1 aromatic rings. The number of likely N-dealkylation sites (tertiary alicyclic amines) is 1. The van der Waals surface area contributed by atoms with Crippen LogP contribution in [0.4, 0.5) is 5.69 Å². The number of benzene rings is 1. The van der Waals surface area contributed by atoms with Crippen LogP contribution in [0.5, 0.6) is 0 Å². The van der Waals surface area contributed by atoms with Crippen molar-refractivity contribution < 1.29 is 4.79 Å². The lowest BCUT2D eigenvalue weighted by molar-refractivity contribution is -0.117. The molecule has 1 fully saturated rings. The summed E-state index contributed by atoms with van der Waals surface area (Å²) < 4.78 is 0.887. The summed E-state index contributed by atoms with van der Waals surface area (Å²) in [6.07, 6.45) is 2.09. The summed E-state index contributed by atoms with van der Waals surface area (Å²) in [6, 6.07) is 5.57. The second-order valence-electron chi connectivity index (χ2n) is 4.81. The lowest BCUT2D eigenvalue weighted by atomic mass is 10.1. The van der Waals surface area contributed by atoms with E-state index in [-0.39, 0.29) is 24.4 Å². The van der Waals surface area contributed by atoms with Gasteiger partial charge in [0.15, 0.2) is 0 Å². The van der Waals surface area contributed by atoms with Crippen LogP contribution in [-0.4, -0.2) is 36.5 Å². The first-order valence-corrected chi connectivity index (χ1v) is 7.44. The smallest absolute Gasteiger partial charge is 0.238 e. The summed E-state index contributed by atoms with van der Waals surface area (Å²) in [6.45, 7) is 2.07. The molecule has 1 aliphatic heterocycles. The van der Waals surface area contributed by atoms with E-state index < -0.39 is 0 Å². The number of piperidine rings is 1. The molecule has 0 bridgehead atoms. The molecule has 0 spiro atoms. The Balaban J connectivity index is 0.00000200. The molecular formula is C13H18BrCl2N3O. The van der Waals surface area contributed by atoms with Crippen LogP contribution in [0.15, 0.2) is 22.7 Å². The molecule has 0 aliphatic carbocycles. The third kappa shape index (κ3) is 5.22. The van der Waals surface area contributed by atoms with Crippen molar-refractivity contribution in [2.45, 2.75) is 18.9 Å². The van der Waals surface area contributed by atoms with Crippen molar-refractivity contribution in [3.8, 4) is 0 Å². The summed E-state index contributed by atoms with van der Waals surface area (Å²) in [4.78, 5) is 14.0. The Bertz CT molecular complexity index is 473. The second-order valence-corrected chi connectivity index (χ2v) is 6.13. The zero-order chi connectivity index (χ0) is 13.8. The van der Waals surface area contributed by atoms with E-state index in [1.54, 1.807) is 12.1 Å². The minimum atomic E-state index is -0.0571. The quantitative estimate of drug-likeness (QED) is 0.844. The van der Waals surface area contributed by atoms with Gasteiger partial charge in [-0.05, 0) is 37.6 Å². The summed E-state index contributed by atoms with van der Waals surface area (Å²) in [7, 11) is 0. The average Bonchev–Trinajstić information content (AvgIpc) is 2.33. The van der Waals surface area contributed by atoms with E-state index >= 15 is 0 Å². The summed E-state index contributed by atoms with van der Waals surface area (Å²) in [5, 5.41) is 3.35. The summed E-state index contributed by atoms with van der Waals surface area (Å²) >= 11 is 9.39. The second kappa shape index (κ2) is 8.20. The van der Waals surface area contributed by atoms with Crippen LogP contribution in [-0.2, 0) is 4.79 Å². The van der Waals surface area contributed by atoms with Gasteiger partial charge in [0.1, 0.15) is 0 Å². The highest BCUT2D eigenvalue weighted by atomic mass is 79.9. The third-order valence-electron chi connectivity index (χ3n) is 3.11. The number of halogens is 3. The largest absolute Gasteiger partial charge is 0.327 e. The Morgan fingerprint density at radius 1 is 1.55 bits per heavy atom. The highest BCUT2D eigenvalue weighted by molar-refractivity contribution is 9.10. The van der Waals surface area contributed by atoms with Crippen molar-refractivity contribution in [1.29, 1.82) is 0 Å². The van der Waals surface area contributed by atoms with Gasteiger partial charge in [0, 0.05) is 17.1 Å². The predicted molar refractivity (Wildman–Crippen MR) is 88.7 cm³/mol. The molecule has 1 unspecified atom stereocenters. The van der Waals surface area contributed by atoms with Gasteiger partial charge < -0.3 is 11.1 Å². The fourth-order valence-corrected chi connectivity index (χ4v) is 2.94. The molecule has 1 heterocycles. The number of nitrogens with one attached hydrogen (secondary N) is 1. The zero-order valence-electron chi connectivity index (χ0n) is 10.9. The van der Waals surface area contributed by atoms with Gasteiger partial charge in [0.05, 0.1) is 17.3 Å². The Hall–Kier alpha value is -0.330. The average molecular weight is 383 g/mol. The maximum Gasteiger partial charge on any atom is 0.238 e. The number of hydrogen-bond donors (Lipinski definition) is 2. The molecule has 1 amide bonds. The van der Waals surface area contributed by atoms with Crippen molar-refractivity contribution in [3.63, 3.8) is 0 Å². The predicted octanol–water partition coefficient (Wildman–Crippen LogP) is 2.89. The number of nitrogens with zero attached hydrogens (tertiary/aromatic N) is 1. The number of carbonyl (C=O) groups excluding carboxylic acids is 1. The van der Waals surface area contributed by atoms with Crippen molar-refractivity contribution in [2.24, 2.45) is 5.73 Å². The topological polar surface area (TPSA) is 58.4 Å². The molecule has 1 atom stereocenters. The Labute approximate surface area is 138 Å². The van der Waals surface area contributed by atoms with E-state index in [2.05, 4.69) is 26.1 Å². The molecule has 112 valence electrons. The normalized spacial score (nSPS) is 19.2. The van der Waals surface area contributed by atoms with Gasteiger partial charge in [-0.3, -0.25) is 9.69 Å². The Morgan fingerprint density at radius 2 is 2.30 bits per heavy atom. The molecule has 3 N–H and O–H groups in total. The molecule has 1 saturated heterocycles. The van der Waals surface area contributed by atoms with E-state index in [0.717, 1.165) is 30.4 Å². The Morgan fingerprint density at radius 3 is 2.95 bits per heavy atom. The van der Waals surface area contributed by atoms with Gasteiger partial charge in [0.25, 0.3) is 0 Å². The molecule has 7 heteroatoms. The number of anilines is 1. The zero-order valence-corrected chi connectivity index (χ0v) is 14.1. The van der Waals surface area contributed by atoms with E-state index in [1.165, 1.54) is 0 Å². The number of carbonyl (C=O) groups is 1. The fraction of sp³-hybridized carbons (Fsp3) is 0.462. The maximum absolute atomic E-state index is 12.0. The molecule has 0 radical (unpaired) electrons. The van der Waals surface area contributed by atoms with Gasteiger partial charge in [-0.25, -0.2) is 0 Å². The van der Waals surface area contributed by atoms with E-state index in [0.29, 0.717) is 17.3 Å². The first-order valence-electron chi connectivity index (χ1n) is 6.27. The number of hydrogen-bond acceptors (Lipinski definition) is 3. The molecule has 0 saturated carbocycles. The van der Waals surface area contributed by atoms with E-state index in [9.17, 15) is 4.79 Å². The van der Waals surface area contributed by atoms with Crippen LogP contribution in [0.3, 0.4) is 0 Å². The number of rotatable bonds is 3. The van der Waals surface area contributed by atoms with Crippen LogP contribution < -0.4 is 11.1 Å². The first kappa shape index (κ1) is 17.7. The summed E-state index contributed by atoms with van der Waals surface area (Å²) in [5.74, 6) is -0.0571. The first-order chi connectivity index (χ1) is 9.04. The van der Waals surface area contributed by atoms with Crippen LogP contribution in [0.1, 0.15) is 12.8 Å². The van der Waals surface area contributed by atoms with Crippen LogP contribution in [0.2, 0.25) is 5.02 Å².